The molecule has 0 heterocycles. The first kappa shape index (κ1) is 13.1. The van der Waals surface area contributed by atoms with Crippen molar-refractivity contribution in [2.45, 2.75) is 13.8 Å². The third-order valence-corrected chi connectivity index (χ3v) is 5.47. The molecule has 2 aromatic carbocycles. The standard InChI is InChI=1S/C17H19P/c1-4-13-18(16-9-5-14(2)6-10-16)17-11-7-15(3)8-12-17/h4-12H,1,13H2,2-3H3. The molecule has 92 valence electrons. The van der Waals surface area contributed by atoms with Gasteiger partial charge < -0.3 is 0 Å². The molecule has 18 heavy (non-hydrogen) atoms. The quantitative estimate of drug-likeness (QED) is 0.573. The minimum Gasteiger partial charge on any atom is -0.103 e. The van der Waals surface area contributed by atoms with Crippen LogP contribution in [0.15, 0.2) is 61.2 Å². The maximum Gasteiger partial charge on any atom is -0.00669 e. The zero-order chi connectivity index (χ0) is 13.0. The second-order valence-corrected chi connectivity index (χ2v) is 6.82. The maximum atomic E-state index is 3.90. The van der Waals surface area contributed by atoms with E-state index in [2.05, 4.69) is 69.0 Å². The van der Waals surface area contributed by atoms with Gasteiger partial charge in [-0.25, -0.2) is 0 Å². The minimum atomic E-state index is -0.294. The van der Waals surface area contributed by atoms with E-state index in [1.165, 1.54) is 21.7 Å². The van der Waals surface area contributed by atoms with E-state index in [4.69, 9.17) is 0 Å². The third-order valence-electron chi connectivity index (χ3n) is 3.00. The Morgan fingerprint density at radius 1 is 0.833 bits per heavy atom. The molecule has 1 heteroatoms. The molecule has 2 aromatic rings. The number of allylic oxidation sites excluding steroid dienone is 1. The Kier molecular flexibility index (Phi) is 4.33. The van der Waals surface area contributed by atoms with Crippen molar-refractivity contribution in [1.82, 2.24) is 0 Å². The summed E-state index contributed by atoms with van der Waals surface area (Å²) >= 11 is 0. The monoisotopic (exact) mass is 254 g/mol. The van der Waals surface area contributed by atoms with Crippen molar-refractivity contribution >= 4 is 18.5 Å². The fourth-order valence-corrected chi connectivity index (χ4v) is 3.93. The summed E-state index contributed by atoms with van der Waals surface area (Å²) in [5.41, 5.74) is 2.63. The second-order valence-electron chi connectivity index (χ2n) is 4.57. The molecule has 0 N–H and O–H groups in total. The molecule has 0 fully saturated rings. The highest BCUT2D eigenvalue weighted by atomic mass is 31.1. The van der Waals surface area contributed by atoms with Crippen LogP contribution < -0.4 is 10.6 Å². The van der Waals surface area contributed by atoms with Gasteiger partial charge in [0.1, 0.15) is 0 Å². The SMILES string of the molecule is C=CCP(c1ccc(C)cc1)c1ccc(C)cc1. The lowest BCUT2D eigenvalue weighted by molar-refractivity contribution is 1.48. The third kappa shape index (κ3) is 3.09. The van der Waals surface area contributed by atoms with E-state index in [1.807, 2.05) is 6.08 Å². The zero-order valence-corrected chi connectivity index (χ0v) is 12.0. The van der Waals surface area contributed by atoms with Gasteiger partial charge in [-0.15, -0.1) is 6.58 Å². The number of hydrogen-bond acceptors (Lipinski definition) is 0. The largest absolute Gasteiger partial charge is 0.103 e. The Balaban J connectivity index is 2.35. The van der Waals surface area contributed by atoms with Crippen LogP contribution in [0, 0.1) is 13.8 Å². The van der Waals surface area contributed by atoms with Crippen molar-refractivity contribution < 1.29 is 0 Å². The second kappa shape index (κ2) is 5.98. The first-order valence-corrected chi connectivity index (χ1v) is 7.75. The fourth-order valence-electron chi connectivity index (χ4n) is 1.94. The Bertz CT molecular complexity index is 463. The van der Waals surface area contributed by atoms with Gasteiger partial charge in [-0.2, -0.15) is 0 Å². The molecule has 0 aliphatic rings. The average Bonchev–Trinajstić information content (AvgIpc) is 2.39. The van der Waals surface area contributed by atoms with Gasteiger partial charge in [-0.3, -0.25) is 0 Å². The van der Waals surface area contributed by atoms with Gasteiger partial charge in [-0.05, 0) is 38.5 Å². The minimum absolute atomic E-state index is 0.294. The van der Waals surface area contributed by atoms with Crippen molar-refractivity contribution in [2.24, 2.45) is 0 Å². The number of hydrogen-bond donors (Lipinski definition) is 0. The molecule has 0 aliphatic carbocycles. The van der Waals surface area contributed by atoms with E-state index in [-0.39, 0.29) is 7.92 Å². The summed E-state index contributed by atoms with van der Waals surface area (Å²) < 4.78 is 0. The van der Waals surface area contributed by atoms with Gasteiger partial charge >= 0.3 is 0 Å². The van der Waals surface area contributed by atoms with Crippen LogP contribution in [-0.2, 0) is 0 Å². The lowest BCUT2D eigenvalue weighted by Gasteiger charge is -2.17. The highest BCUT2D eigenvalue weighted by Crippen LogP contribution is 2.33. The molecule has 0 atom stereocenters. The topological polar surface area (TPSA) is 0 Å². The molecule has 0 saturated heterocycles. The van der Waals surface area contributed by atoms with Crippen LogP contribution in [0.3, 0.4) is 0 Å². The summed E-state index contributed by atoms with van der Waals surface area (Å²) in [7, 11) is -0.294. The summed E-state index contributed by atoms with van der Waals surface area (Å²) in [6.07, 6.45) is 3.08. The van der Waals surface area contributed by atoms with Gasteiger partial charge in [0.25, 0.3) is 0 Å². The van der Waals surface area contributed by atoms with Crippen LogP contribution in [0.5, 0.6) is 0 Å². The maximum absolute atomic E-state index is 3.90. The Morgan fingerprint density at radius 3 is 1.56 bits per heavy atom. The van der Waals surface area contributed by atoms with E-state index in [9.17, 15) is 0 Å². The van der Waals surface area contributed by atoms with Crippen LogP contribution >= 0.6 is 7.92 Å². The summed E-state index contributed by atoms with van der Waals surface area (Å²) in [6, 6.07) is 17.8. The highest BCUT2D eigenvalue weighted by Gasteiger charge is 2.11. The van der Waals surface area contributed by atoms with Crippen molar-refractivity contribution in [3.8, 4) is 0 Å². The van der Waals surface area contributed by atoms with Crippen molar-refractivity contribution in [1.29, 1.82) is 0 Å². The van der Waals surface area contributed by atoms with Crippen LogP contribution in [0.4, 0.5) is 0 Å². The molecule has 0 spiro atoms. The van der Waals surface area contributed by atoms with Gasteiger partial charge in [0.2, 0.25) is 0 Å². The van der Waals surface area contributed by atoms with E-state index >= 15 is 0 Å². The summed E-state index contributed by atoms with van der Waals surface area (Å²) in [5.74, 6) is 0. The van der Waals surface area contributed by atoms with Crippen molar-refractivity contribution in [3.05, 3.63) is 72.3 Å². The van der Waals surface area contributed by atoms with E-state index in [1.54, 1.807) is 0 Å². The van der Waals surface area contributed by atoms with Crippen LogP contribution in [0.25, 0.3) is 0 Å². The predicted molar refractivity (Wildman–Crippen MR) is 83.6 cm³/mol. The van der Waals surface area contributed by atoms with E-state index in [0.29, 0.717) is 0 Å². The molecule has 0 aliphatic heterocycles. The lowest BCUT2D eigenvalue weighted by atomic mass is 10.2. The number of benzene rings is 2. The fraction of sp³-hybridized carbons (Fsp3) is 0.176. The smallest absolute Gasteiger partial charge is 0.00669 e. The lowest BCUT2D eigenvalue weighted by Crippen LogP contribution is -2.13. The average molecular weight is 254 g/mol. The van der Waals surface area contributed by atoms with Crippen molar-refractivity contribution in [2.75, 3.05) is 6.16 Å². The van der Waals surface area contributed by atoms with E-state index in [0.717, 1.165) is 6.16 Å². The first-order valence-electron chi connectivity index (χ1n) is 6.22. The van der Waals surface area contributed by atoms with Gasteiger partial charge in [0, 0.05) is 0 Å². The van der Waals surface area contributed by atoms with Gasteiger partial charge in [0.05, 0.1) is 0 Å². The summed E-state index contributed by atoms with van der Waals surface area (Å²) in [4.78, 5) is 0. The normalized spacial score (nSPS) is 10.6. The zero-order valence-electron chi connectivity index (χ0n) is 11.1. The molecule has 2 rings (SSSR count). The molecule has 0 unspecified atom stereocenters. The van der Waals surface area contributed by atoms with Crippen LogP contribution in [0.2, 0.25) is 0 Å². The summed E-state index contributed by atoms with van der Waals surface area (Å²) in [6.45, 7) is 8.16. The predicted octanol–water partition coefficient (Wildman–Crippen LogP) is 3.92. The van der Waals surface area contributed by atoms with Crippen LogP contribution in [-0.4, -0.2) is 6.16 Å². The molecule has 0 radical (unpaired) electrons. The Hall–Kier alpha value is -1.39. The van der Waals surface area contributed by atoms with Crippen LogP contribution in [0.1, 0.15) is 11.1 Å². The molecular formula is C17H19P. The van der Waals surface area contributed by atoms with Gasteiger partial charge in [0.15, 0.2) is 0 Å². The van der Waals surface area contributed by atoms with E-state index < -0.39 is 0 Å². The Morgan fingerprint density at radius 2 is 1.22 bits per heavy atom. The van der Waals surface area contributed by atoms with Gasteiger partial charge in [-0.1, -0.05) is 65.7 Å². The van der Waals surface area contributed by atoms with Crippen molar-refractivity contribution in [3.63, 3.8) is 0 Å². The molecule has 0 aromatic heterocycles. The highest BCUT2D eigenvalue weighted by molar-refractivity contribution is 7.73. The molecule has 0 amide bonds. The molecular weight excluding hydrogens is 235 g/mol. The Labute approximate surface area is 111 Å². The molecule has 0 saturated carbocycles. The summed E-state index contributed by atoms with van der Waals surface area (Å²) in [5, 5.41) is 2.86. The number of rotatable bonds is 4. The molecule has 0 nitrogen and oxygen atoms in total. The molecule has 0 bridgehead atoms. The number of aryl methyl sites for hydroxylation is 2. The first-order chi connectivity index (χ1) is 8.70.